The molecule has 1 aliphatic carbocycles. The van der Waals surface area contributed by atoms with Crippen LogP contribution in [0, 0.1) is 5.92 Å². The van der Waals surface area contributed by atoms with Crippen LogP contribution >= 0.6 is 15.9 Å². The first kappa shape index (κ1) is 17.5. The van der Waals surface area contributed by atoms with Crippen molar-refractivity contribution in [3.63, 3.8) is 0 Å². The molecule has 0 aromatic heterocycles. The average molecular weight is 393 g/mol. The Labute approximate surface area is 152 Å². The van der Waals surface area contributed by atoms with Crippen LogP contribution in [0.5, 0.6) is 0 Å². The summed E-state index contributed by atoms with van der Waals surface area (Å²) in [5.74, 6) is 0.421. The molecular formula is C19H25BrN2O2. The van der Waals surface area contributed by atoms with Crippen molar-refractivity contribution < 1.29 is 9.59 Å². The van der Waals surface area contributed by atoms with E-state index in [0.29, 0.717) is 25.6 Å². The van der Waals surface area contributed by atoms with E-state index in [1.54, 1.807) is 0 Å². The fourth-order valence-electron chi connectivity index (χ4n) is 3.71. The summed E-state index contributed by atoms with van der Waals surface area (Å²) in [7, 11) is 0. The summed E-state index contributed by atoms with van der Waals surface area (Å²) >= 11 is 3.44. The van der Waals surface area contributed by atoms with E-state index in [9.17, 15) is 9.59 Å². The Balaban J connectivity index is 1.45. The topological polar surface area (TPSA) is 49.4 Å². The highest BCUT2D eigenvalue weighted by atomic mass is 79.9. The van der Waals surface area contributed by atoms with Gasteiger partial charge in [-0.3, -0.25) is 9.59 Å². The molecule has 1 heterocycles. The van der Waals surface area contributed by atoms with Gasteiger partial charge in [0.15, 0.2) is 0 Å². The number of hydrogen-bond donors (Lipinski definition) is 1. The molecule has 3 rings (SSSR count). The summed E-state index contributed by atoms with van der Waals surface area (Å²) in [6.07, 6.45) is 6.69. The number of nitrogens with zero attached hydrogens (tertiary/aromatic N) is 1. The number of carbonyl (C=O) groups excluding carboxylic acids is 2. The predicted molar refractivity (Wildman–Crippen MR) is 97.5 cm³/mol. The summed E-state index contributed by atoms with van der Waals surface area (Å²) in [5.41, 5.74) is 1.02. The molecule has 1 saturated carbocycles. The smallest absolute Gasteiger partial charge is 0.226 e. The quantitative estimate of drug-likeness (QED) is 0.854. The molecule has 5 heteroatoms. The summed E-state index contributed by atoms with van der Waals surface area (Å²) in [6, 6.07) is 8.26. The van der Waals surface area contributed by atoms with Crippen molar-refractivity contribution >= 4 is 27.7 Å². The third-order valence-electron chi connectivity index (χ3n) is 5.16. The number of hydrogen-bond acceptors (Lipinski definition) is 2. The predicted octanol–water partition coefficient (Wildman–Crippen LogP) is 3.29. The van der Waals surface area contributed by atoms with Crippen molar-refractivity contribution in [2.45, 2.75) is 51.0 Å². The Hall–Kier alpha value is -1.36. The number of carbonyl (C=O) groups is 2. The van der Waals surface area contributed by atoms with Gasteiger partial charge in [0.2, 0.25) is 11.8 Å². The lowest BCUT2D eigenvalue weighted by atomic mass is 9.95. The lowest BCUT2D eigenvalue weighted by Gasteiger charge is -2.32. The van der Waals surface area contributed by atoms with Crippen molar-refractivity contribution in [3.05, 3.63) is 34.3 Å². The molecule has 1 aromatic carbocycles. The van der Waals surface area contributed by atoms with Gasteiger partial charge in [0.05, 0.1) is 6.42 Å². The van der Waals surface area contributed by atoms with Crippen LogP contribution in [0.4, 0.5) is 0 Å². The molecule has 0 bridgehead atoms. The van der Waals surface area contributed by atoms with E-state index in [2.05, 4.69) is 21.2 Å². The average Bonchev–Trinajstić information content (AvgIpc) is 3.08. The molecule has 1 aromatic rings. The molecule has 130 valence electrons. The van der Waals surface area contributed by atoms with Gasteiger partial charge < -0.3 is 10.2 Å². The minimum atomic E-state index is 0.0699. The molecule has 0 radical (unpaired) electrons. The summed E-state index contributed by atoms with van der Waals surface area (Å²) in [5, 5.41) is 3.19. The molecule has 2 amide bonds. The fourth-order valence-corrected chi connectivity index (χ4v) is 4.16. The number of amides is 2. The molecule has 1 saturated heterocycles. The van der Waals surface area contributed by atoms with Crippen molar-refractivity contribution in [1.82, 2.24) is 10.2 Å². The largest absolute Gasteiger partial charge is 0.353 e. The minimum absolute atomic E-state index is 0.0699. The molecule has 0 spiro atoms. The van der Waals surface area contributed by atoms with Gasteiger partial charge in [0.1, 0.15) is 0 Å². The Morgan fingerprint density at radius 2 is 1.83 bits per heavy atom. The van der Waals surface area contributed by atoms with Gasteiger partial charge in [-0.15, -0.1) is 0 Å². The summed E-state index contributed by atoms with van der Waals surface area (Å²) < 4.78 is 0.995. The van der Waals surface area contributed by atoms with E-state index in [0.717, 1.165) is 35.7 Å². The Morgan fingerprint density at radius 1 is 1.12 bits per heavy atom. The highest BCUT2D eigenvalue weighted by molar-refractivity contribution is 9.10. The van der Waals surface area contributed by atoms with Crippen LogP contribution in [0.3, 0.4) is 0 Å². The van der Waals surface area contributed by atoms with Gasteiger partial charge in [0.25, 0.3) is 0 Å². The lowest BCUT2D eigenvalue weighted by Crippen LogP contribution is -2.45. The van der Waals surface area contributed by atoms with Crippen molar-refractivity contribution in [1.29, 1.82) is 0 Å². The van der Waals surface area contributed by atoms with Gasteiger partial charge in [-0.1, -0.05) is 40.9 Å². The normalized spacial score (nSPS) is 19.5. The van der Waals surface area contributed by atoms with E-state index in [1.807, 2.05) is 29.2 Å². The molecule has 1 N–H and O–H groups in total. The van der Waals surface area contributed by atoms with Crippen LogP contribution in [0.1, 0.15) is 44.1 Å². The summed E-state index contributed by atoms with van der Waals surface area (Å²) in [6.45, 7) is 1.38. The van der Waals surface area contributed by atoms with Crippen LogP contribution in [-0.4, -0.2) is 35.8 Å². The Morgan fingerprint density at radius 3 is 2.50 bits per heavy atom. The van der Waals surface area contributed by atoms with Gasteiger partial charge in [-0.05, 0) is 43.4 Å². The van der Waals surface area contributed by atoms with Gasteiger partial charge in [-0.2, -0.15) is 0 Å². The first-order chi connectivity index (χ1) is 11.6. The Kier molecular flexibility index (Phi) is 5.93. The zero-order valence-electron chi connectivity index (χ0n) is 14.0. The van der Waals surface area contributed by atoms with E-state index in [-0.39, 0.29) is 17.7 Å². The van der Waals surface area contributed by atoms with Gasteiger partial charge >= 0.3 is 0 Å². The maximum Gasteiger partial charge on any atom is 0.226 e. The van der Waals surface area contributed by atoms with Crippen LogP contribution in [0.15, 0.2) is 28.7 Å². The second-order valence-electron chi connectivity index (χ2n) is 6.95. The van der Waals surface area contributed by atoms with Crippen LogP contribution in [-0.2, 0) is 16.0 Å². The van der Waals surface area contributed by atoms with Crippen molar-refractivity contribution in [2.24, 2.45) is 5.92 Å². The van der Waals surface area contributed by atoms with E-state index in [4.69, 9.17) is 0 Å². The minimum Gasteiger partial charge on any atom is -0.353 e. The second-order valence-corrected chi connectivity index (χ2v) is 7.87. The standard InChI is InChI=1S/C19H25BrN2O2/c20-16-5-3-4-14(12-16)13-18(23)22-10-8-15(9-11-22)19(24)21-17-6-1-2-7-17/h3-5,12,15,17H,1-2,6-11,13H2,(H,21,24). The first-order valence-corrected chi connectivity index (χ1v) is 9.74. The molecule has 0 atom stereocenters. The third-order valence-corrected chi connectivity index (χ3v) is 5.66. The highest BCUT2D eigenvalue weighted by Gasteiger charge is 2.29. The number of piperidine rings is 1. The second kappa shape index (κ2) is 8.15. The van der Waals surface area contributed by atoms with Crippen molar-refractivity contribution in [3.8, 4) is 0 Å². The van der Waals surface area contributed by atoms with Crippen LogP contribution in [0.25, 0.3) is 0 Å². The maximum atomic E-state index is 12.4. The Bertz CT molecular complexity index is 591. The van der Waals surface area contributed by atoms with Crippen LogP contribution in [0.2, 0.25) is 0 Å². The molecular weight excluding hydrogens is 368 g/mol. The molecule has 1 aliphatic heterocycles. The lowest BCUT2D eigenvalue weighted by molar-refractivity contribution is -0.135. The highest BCUT2D eigenvalue weighted by Crippen LogP contribution is 2.22. The molecule has 24 heavy (non-hydrogen) atoms. The third kappa shape index (κ3) is 4.59. The van der Waals surface area contributed by atoms with Crippen molar-refractivity contribution in [2.75, 3.05) is 13.1 Å². The molecule has 2 fully saturated rings. The van der Waals surface area contributed by atoms with E-state index >= 15 is 0 Å². The first-order valence-electron chi connectivity index (χ1n) is 8.94. The van der Waals surface area contributed by atoms with Gasteiger partial charge in [0, 0.05) is 29.5 Å². The monoisotopic (exact) mass is 392 g/mol. The SMILES string of the molecule is O=C(NC1CCCC1)C1CCN(C(=O)Cc2cccc(Br)c2)CC1. The van der Waals surface area contributed by atoms with E-state index < -0.39 is 0 Å². The van der Waals surface area contributed by atoms with E-state index in [1.165, 1.54) is 12.8 Å². The maximum absolute atomic E-state index is 12.4. The molecule has 2 aliphatic rings. The molecule has 4 nitrogen and oxygen atoms in total. The van der Waals surface area contributed by atoms with Gasteiger partial charge in [-0.25, -0.2) is 0 Å². The molecule has 0 unspecified atom stereocenters. The number of likely N-dealkylation sites (tertiary alicyclic amines) is 1. The zero-order valence-corrected chi connectivity index (χ0v) is 15.6. The number of halogens is 1. The number of nitrogens with one attached hydrogen (secondary N) is 1. The summed E-state index contributed by atoms with van der Waals surface area (Å²) in [4.78, 5) is 26.7. The van der Waals surface area contributed by atoms with Crippen LogP contribution < -0.4 is 5.32 Å². The number of benzene rings is 1. The zero-order chi connectivity index (χ0) is 16.9. The number of rotatable bonds is 4. The fraction of sp³-hybridized carbons (Fsp3) is 0.579.